The zero-order chi connectivity index (χ0) is 46.3. The Bertz CT molecular complexity index is 2430. The monoisotopic (exact) mass is 896 g/mol. The number of sulfonamides is 1. The zero-order valence-corrected chi connectivity index (χ0v) is 39.3. The fourth-order valence-corrected chi connectivity index (χ4v) is 11.5. The Morgan fingerprint density at radius 1 is 0.906 bits per heavy atom. The van der Waals surface area contributed by atoms with Crippen LogP contribution in [0, 0.1) is 26.2 Å². The second kappa shape index (κ2) is 18.2. The van der Waals surface area contributed by atoms with Crippen molar-refractivity contribution in [2.75, 3.05) is 26.2 Å². The number of benzene rings is 3. The van der Waals surface area contributed by atoms with Gasteiger partial charge in [-0.1, -0.05) is 69.3 Å². The van der Waals surface area contributed by atoms with Gasteiger partial charge in [0.25, 0.3) is 10.0 Å². The number of nitrogens with zero attached hydrogens (tertiary/aromatic N) is 3. The number of guanidine groups is 1. The number of hydrogen-bond donors (Lipinski definition) is 3. The number of fused-ring (bicyclic) bond motifs is 4. The van der Waals surface area contributed by atoms with Crippen molar-refractivity contribution in [1.29, 1.82) is 0 Å². The molecule has 3 atom stereocenters. The second-order valence-electron chi connectivity index (χ2n) is 19.4. The van der Waals surface area contributed by atoms with Crippen molar-refractivity contribution in [3.8, 4) is 16.9 Å². The van der Waals surface area contributed by atoms with Crippen LogP contribution in [0.1, 0.15) is 119 Å². The van der Waals surface area contributed by atoms with E-state index in [9.17, 15) is 27.6 Å². The van der Waals surface area contributed by atoms with Gasteiger partial charge in [-0.05, 0) is 130 Å². The summed E-state index contributed by atoms with van der Waals surface area (Å²) in [5.74, 6) is -0.594. The first kappa shape index (κ1) is 46.5. The first-order valence-electron chi connectivity index (χ1n) is 22.6. The van der Waals surface area contributed by atoms with Crippen molar-refractivity contribution in [3.05, 3.63) is 81.9 Å². The molecule has 0 saturated carbocycles. The number of likely N-dealkylation sites (tertiary alicyclic amines) is 2. The molecule has 2 saturated heterocycles. The first-order chi connectivity index (χ1) is 30.2. The van der Waals surface area contributed by atoms with Crippen molar-refractivity contribution in [2.45, 2.75) is 141 Å². The smallest absolute Gasteiger partial charge is 0.410 e. The minimum atomic E-state index is -4.10. The molecule has 0 spiro atoms. The molecule has 0 unspecified atom stereocenters. The van der Waals surface area contributed by atoms with Gasteiger partial charge in [0.2, 0.25) is 17.8 Å². The molecule has 3 amide bonds. The van der Waals surface area contributed by atoms with Crippen molar-refractivity contribution < 1.29 is 37.1 Å². The van der Waals surface area contributed by atoms with E-state index >= 15 is 0 Å². The molecule has 3 aromatic carbocycles. The van der Waals surface area contributed by atoms with Gasteiger partial charge in [-0.15, -0.1) is 0 Å². The highest BCUT2D eigenvalue weighted by Gasteiger charge is 2.44. The van der Waals surface area contributed by atoms with E-state index in [1.54, 1.807) is 39.5 Å². The molecule has 3 aromatic rings. The standard InChI is InChI=1S/C49H64N6O8S/c1-29-30(2)42(31(3)32-23-24-49(7,8)63-41(29)32)64(60,61)53-46(50)51-25-13-20-38(43(56)48(4,5)6)52-44(57)39-21-14-26-54(39)45(58)40-22-15-27-55(40)47(59)62-28-37-35-18-11-9-16-33(35)34-17-10-12-19-36(34)37/h9-12,16-19,37-40H,13-15,20-28H2,1-8H3,(H,52,57)(H3,50,51,53)/t38-,39-,40-/m0/s1. The summed E-state index contributed by atoms with van der Waals surface area (Å²) >= 11 is 0. The van der Waals surface area contributed by atoms with Crippen molar-refractivity contribution in [2.24, 2.45) is 16.1 Å². The van der Waals surface area contributed by atoms with E-state index in [2.05, 4.69) is 39.3 Å². The molecule has 7 rings (SSSR count). The number of ketones is 1. The number of Topliss-reactive ketones (excluding diaryl/α,β-unsaturated/α-hetero) is 1. The van der Waals surface area contributed by atoms with E-state index in [-0.39, 0.29) is 53.6 Å². The maximum atomic E-state index is 14.2. The van der Waals surface area contributed by atoms with Gasteiger partial charge >= 0.3 is 6.09 Å². The Balaban J connectivity index is 0.964. The number of carbonyl (C=O) groups is 4. The fraction of sp³-hybridized carbons (Fsp3) is 0.531. The molecule has 0 aromatic heterocycles. The maximum absolute atomic E-state index is 14.2. The molecular weight excluding hydrogens is 833 g/mol. The third kappa shape index (κ3) is 9.36. The predicted molar refractivity (Wildman–Crippen MR) is 246 cm³/mol. The lowest BCUT2D eigenvalue weighted by atomic mass is 9.84. The van der Waals surface area contributed by atoms with Gasteiger partial charge in [0.05, 0.1) is 10.9 Å². The summed E-state index contributed by atoms with van der Waals surface area (Å²) in [7, 11) is -4.10. The van der Waals surface area contributed by atoms with Gasteiger partial charge in [-0.2, -0.15) is 0 Å². The van der Waals surface area contributed by atoms with Crippen molar-refractivity contribution in [1.82, 2.24) is 19.8 Å². The molecule has 15 heteroatoms. The average Bonchev–Trinajstić information content (AvgIpc) is 4.00. The molecule has 64 heavy (non-hydrogen) atoms. The van der Waals surface area contributed by atoms with Crippen molar-refractivity contribution >= 4 is 39.7 Å². The summed E-state index contributed by atoms with van der Waals surface area (Å²) in [5.41, 5.74) is 12.3. The summed E-state index contributed by atoms with van der Waals surface area (Å²) in [6.07, 6.45) is 3.50. The number of amides is 3. The third-order valence-electron chi connectivity index (χ3n) is 13.4. The topological polar surface area (TPSA) is 190 Å². The highest BCUT2D eigenvalue weighted by Crippen LogP contribution is 2.45. The molecule has 344 valence electrons. The Hall–Kier alpha value is -5.44. The molecule has 4 aliphatic rings. The molecule has 4 N–H and O–H groups in total. The van der Waals surface area contributed by atoms with Crippen LogP contribution in [0.3, 0.4) is 0 Å². The third-order valence-corrected chi connectivity index (χ3v) is 15.1. The SMILES string of the molecule is Cc1c(C)c(S(=O)(=O)NC(N)=NCCC[C@H](NC(=O)[C@@H]2CCCN2C(=O)[C@@H]2CCCN2C(=O)OCC2c3ccccc3-c3ccccc32)C(=O)C(C)(C)C)c(C)c2c1OC(C)(C)CC2. The van der Waals surface area contributed by atoms with Gasteiger partial charge in [0.15, 0.2) is 5.78 Å². The molecule has 3 aliphatic heterocycles. The highest BCUT2D eigenvalue weighted by molar-refractivity contribution is 7.90. The minimum absolute atomic E-state index is 0.0870. The van der Waals surface area contributed by atoms with Crippen LogP contribution in [0.4, 0.5) is 4.79 Å². The van der Waals surface area contributed by atoms with E-state index in [0.717, 1.165) is 45.6 Å². The second-order valence-corrected chi connectivity index (χ2v) is 21.0. The minimum Gasteiger partial charge on any atom is -0.487 e. The molecule has 1 aliphatic carbocycles. The summed E-state index contributed by atoms with van der Waals surface area (Å²) in [6.45, 7) is 15.7. The van der Waals surface area contributed by atoms with Gasteiger partial charge in [-0.3, -0.25) is 24.3 Å². The Morgan fingerprint density at radius 3 is 2.16 bits per heavy atom. The van der Waals surface area contributed by atoms with Crippen LogP contribution < -0.4 is 20.5 Å². The predicted octanol–water partition coefficient (Wildman–Crippen LogP) is 6.59. The normalized spacial score (nSPS) is 19.9. The maximum Gasteiger partial charge on any atom is 0.410 e. The van der Waals surface area contributed by atoms with Crippen molar-refractivity contribution in [3.63, 3.8) is 0 Å². The average molecular weight is 897 g/mol. The molecule has 3 heterocycles. The van der Waals surface area contributed by atoms with Crippen LogP contribution in [-0.4, -0.2) is 97.8 Å². The van der Waals surface area contributed by atoms with E-state index in [1.165, 1.54) is 4.90 Å². The Morgan fingerprint density at radius 2 is 1.52 bits per heavy atom. The number of rotatable bonds is 12. The molecule has 14 nitrogen and oxygen atoms in total. The van der Waals surface area contributed by atoms with Gasteiger partial charge in [0.1, 0.15) is 30.0 Å². The van der Waals surface area contributed by atoms with Gasteiger partial charge < -0.3 is 25.4 Å². The van der Waals surface area contributed by atoms with E-state index in [4.69, 9.17) is 15.2 Å². The number of nitrogens with two attached hydrogens (primary N) is 1. The largest absolute Gasteiger partial charge is 0.487 e. The molecular formula is C49H64N6O8S. The summed E-state index contributed by atoms with van der Waals surface area (Å²) in [5, 5.41) is 2.95. The number of nitrogens with one attached hydrogen (secondary N) is 2. The summed E-state index contributed by atoms with van der Waals surface area (Å²) in [6, 6.07) is 13.8. The van der Waals surface area contributed by atoms with E-state index in [0.29, 0.717) is 62.7 Å². The fourth-order valence-electron chi connectivity index (χ4n) is 9.94. The first-order valence-corrected chi connectivity index (χ1v) is 24.1. The van der Waals surface area contributed by atoms with Crippen LogP contribution in [0.25, 0.3) is 11.1 Å². The lowest BCUT2D eigenvalue weighted by Gasteiger charge is -2.35. The number of aliphatic imine (C=N–C) groups is 1. The van der Waals surface area contributed by atoms with Crippen LogP contribution in [0.15, 0.2) is 58.4 Å². The van der Waals surface area contributed by atoms with E-state index < -0.39 is 45.6 Å². The van der Waals surface area contributed by atoms with E-state index in [1.807, 2.05) is 45.0 Å². The summed E-state index contributed by atoms with van der Waals surface area (Å²) < 4.78 is 42.1. The summed E-state index contributed by atoms with van der Waals surface area (Å²) in [4.78, 5) is 63.1. The Labute approximate surface area is 377 Å². The lowest BCUT2D eigenvalue weighted by molar-refractivity contribution is -0.142. The van der Waals surface area contributed by atoms with Crippen LogP contribution in [-0.2, 0) is 35.6 Å². The number of hydrogen-bond acceptors (Lipinski definition) is 9. The van der Waals surface area contributed by atoms with Crippen LogP contribution in [0.2, 0.25) is 0 Å². The van der Waals surface area contributed by atoms with Crippen LogP contribution >= 0.6 is 0 Å². The highest BCUT2D eigenvalue weighted by atomic mass is 32.2. The molecule has 2 fully saturated rings. The molecule has 0 bridgehead atoms. The van der Waals surface area contributed by atoms with Crippen LogP contribution in [0.5, 0.6) is 5.75 Å². The Kier molecular flexibility index (Phi) is 13.2. The number of carbonyl (C=O) groups excluding carboxylic acids is 4. The number of ether oxygens (including phenoxy) is 2. The zero-order valence-electron chi connectivity index (χ0n) is 38.5. The van der Waals surface area contributed by atoms with Gasteiger partial charge in [-0.25, -0.2) is 17.9 Å². The molecule has 0 radical (unpaired) electrons. The van der Waals surface area contributed by atoms with Gasteiger partial charge in [0, 0.05) is 31.0 Å². The lowest BCUT2D eigenvalue weighted by Crippen LogP contribution is -2.55. The quantitative estimate of drug-likeness (QED) is 0.102.